The van der Waals surface area contributed by atoms with Gasteiger partial charge in [0, 0.05) is 12.6 Å². The summed E-state index contributed by atoms with van der Waals surface area (Å²) >= 11 is 0. The molecule has 0 spiro atoms. The third-order valence-corrected chi connectivity index (χ3v) is 5.57. The van der Waals surface area contributed by atoms with Gasteiger partial charge in [-0.1, -0.05) is 48.5 Å². The monoisotopic (exact) mass is 456 g/mol. The minimum Gasteiger partial charge on any atom is -0.508 e. The second kappa shape index (κ2) is 10.5. The Morgan fingerprint density at radius 2 is 1.62 bits per heavy atom. The van der Waals surface area contributed by atoms with Crippen LogP contribution in [-0.4, -0.2) is 42.6 Å². The lowest BCUT2D eigenvalue weighted by atomic mass is 9.98. The zero-order valence-electron chi connectivity index (χ0n) is 17.8. The van der Waals surface area contributed by atoms with Crippen LogP contribution in [0.5, 0.6) is 11.5 Å². The summed E-state index contributed by atoms with van der Waals surface area (Å²) in [7, 11) is -3.54. The summed E-state index contributed by atoms with van der Waals surface area (Å²) in [6, 6.07) is 21.4. The van der Waals surface area contributed by atoms with E-state index in [0.717, 1.165) is 17.4 Å². The Morgan fingerprint density at radius 3 is 2.31 bits per heavy atom. The Kier molecular flexibility index (Phi) is 7.74. The molecule has 0 fully saturated rings. The number of hydrogen-bond donors (Lipinski definition) is 5. The predicted molar refractivity (Wildman–Crippen MR) is 125 cm³/mol. The molecule has 5 N–H and O–H groups in total. The summed E-state index contributed by atoms with van der Waals surface area (Å²) in [6.07, 6.45) is 1.20. The quantitative estimate of drug-likeness (QED) is 0.299. The zero-order valence-corrected chi connectivity index (χ0v) is 18.6. The number of hydrogen-bond acceptors (Lipinski definition) is 6. The lowest BCUT2D eigenvalue weighted by molar-refractivity contribution is 0.167. The minimum atomic E-state index is -3.54. The van der Waals surface area contributed by atoms with Crippen molar-refractivity contribution in [1.29, 1.82) is 0 Å². The molecule has 8 heteroatoms. The van der Waals surface area contributed by atoms with Crippen LogP contribution in [-0.2, 0) is 22.9 Å². The molecule has 7 nitrogen and oxygen atoms in total. The topological polar surface area (TPSA) is 119 Å². The Morgan fingerprint density at radius 1 is 0.875 bits per heavy atom. The molecule has 0 aliphatic rings. The van der Waals surface area contributed by atoms with Crippen molar-refractivity contribution in [1.82, 2.24) is 5.32 Å². The fourth-order valence-corrected chi connectivity index (χ4v) is 4.08. The number of rotatable bonds is 10. The van der Waals surface area contributed by atoms with Crippen LogP contribution in [0.4, 0.5) is 5.69 Å². The summed E-state index contributed by atoms with van der Waals surface area (Å²) in [5.41, 5.74) is 2.79. The number of sulfonamides is 1. The van der Waals surface area contributed by atoms with E-state index in [2.05, 4.69) is 10.0 Å². The molecule has 0 radical (unpaired) electrons. The molecule has 1 unspecified atom stereocenters. The molecule has 0 saturated heterocycles. The van der Waals surface area contributed by atoms with Crippen LogP contribution >= 0.6 is 0 Å². The molecular formula is C24H28N2O5S. The summed E-state index contributed by atoms with van der Waals surface area (Å²) in [5, 5.41) is 33.7. The molecule has 0 saturated carbocycles. The smallest absolute Gasteiger partial charge is 0.229 e. The second-order valence-corrected chi connectivity index (χ2v) is 9.58. The van der Waals surface area contributed by atoms with Gasteiger partial charge in [0.15, 0.2) is 0 Å². The van der Waals surface area contributed by atoms with Gasteiger partial charge < -0.3 is 20.6 Å². The van der Waals surface area contributed by atoms with Gasteiger partial charge in [0.05, 0.1) is 18.0 Å². The van der Waals surface area contributed by atoms with Crippen LogP contribution in [0.1, 0.15) is 22.7 Å². The zero-order chi connectivity index (χ0) is 23.1. The highest BCUT2D eigenvalue weighted by molar-refractivity contribution is 7.92. The van der Waals surface area contributed by atoms with Crippen molar-refractivity contribution < 1.29 is 23.7 Å². The van der Waals surface area contributed by atoms with Gasteiger partial charge in [0.25, 0.3) is 0 Å². The Labute approximate surface area is 188 Å². The summed E-state index contributed by atoms with van der Waals surface area (Å²) in [4.78, 5) is 0. The molecule has 3 aromatic rings. The van der Waals surface area contributed by atoms with Gasteiger partial charge in [0.1, 0.15) is 11.5 Å². The van der Waals surface area contributed by atoms with E-state index in [9.17, 15) is 23.7 Å². The van der Waals surface area contributed by atoms with Gasteiger partial charge in [0.2, 0.25) is 10.0 Å². The van der Waals surface area contributed by atoms with E-state index in [-0.39, 0.29) is 36.2 Å². The Bertz CT molecular complexity index is 1140. The van der Waals surface area contributed by atoms with Crippen molar-refractivity contribution in [3.63, 3.8) is 0 Å². The van der Waals surface area contributed by atoms with Crippen molar-refractivity contribution in [3.8, 4) is 11.5 Å². The highest BCUT2D eigenvalue weighted by Gasteiger charge is 2.16. The maximum atomic E-state index is 11.5. The Balaban J connectivity index is 1.68. The molecule has 0 heterocycles. The first-order chi connectivity index (χ1) is 15.2. The van der Waals surface area contributed by atoms with Crippen molar-refractivity contribution in [2.75, 3.05) is 17.5 Å². The largest absolute Gasteiger partial charge is 0.508 e. The van der Waals surface area contributed by atoms with E-state index in [0.29, 0.717) is 12.0 Å². The van der Waals surface area contributed by atoms with Gasteiger partial charge >= 0.3 is 0 Å². The normalized spacial score (nSPS) is 13.4. The molecule has 170 valence electrons. The first-order valence-corrected chi connectivity index (χ1v) is 12.1. The molecule has 3 rings (SSSR count). The summed E-state index contributed by atoms with van der Waals surface area (Å²) in [5.74, 6) is -0.00323. The van der Waals surface area contributed by atoms with Crippen LogP contribution < -0.4 is 10.0 Å². The molecule has 2 atom stereocenters. The van der Waals surface area contributed by atoms with Crippen LogP contribution in [0.15, 0.2) is 72.8 Å². The molecule has 0 bridgehead atoms. The number of aromatic hydroxyl groups is 2. The molecule has 0 amide bonds. The average Bonchev–Trinajstić information content (AvgIpc) is 2.73. The van der Waals surface area contributed by atoms with Gasteiger partial charge in [-0.15, -0.1) is 0 Å². The van der Waals surface area contributed by atoms with Crippen molar-refractivity contribution >= 4 is 15.7 Å². The lowest BCUT2D eigenvalue weighted by Gasteiger charge is -2.22. The van der Waals surface area contributed by atoms with Crippen molar-refractivity contribution in [3.05, 3.63) is 89.5 Å². The van der Waals surface area contributed by atoms with Gasteiger partial charge in [-0.05, 0) is 53.8 Å². The molecule has 0 aliphatic heterocycles. The van der Waals surface area contributed by atoms with Crippen molar-refractivity contribution in [2.45, 2.75) is 25.0 Å². The molecular weight excluding hydrogens is 428 g/mol. The minimum absolute atomic E-state index is 0.0758. The van der Waals surface area contributed by atoms with E-state index in [1.807, 2.05) is 36.4 Å². The SMILES string of the molecule is CS(=O)(=O)Nc1cc(C[C@H](O)CNC(Cc2ccccc2)c2cccc(O)c2)ccc1O. The van der Waals surface area contributed by atoms with E-state index in [1.165, 1.54) is 12.1 Å². The third-order valence-electron chi connectivity index (χ3n) is 4.98. The van der Waals surface area contributed by atoms with Crippen LogP contribution in [0.2, 0.25) is 0 Å². The number of phenols is 2. The van der Waals surface area contributed by atoms with Gasteiger partial charge in [-0.25, -0.2) is 8.42 Å². The van der Waals surface area contributed by atoms with Crippen LogP contribution in [0, 0.1) is 0 Å². The number of anilines is 1. The predicted octanol–water partition coefficient (Wildman–Crippen LogP) is 2.95. The summed E-state index contributed by atoms with van der Waals surface area (Å²) < 4.78 is 25.2. The maximum Gasteiger partial charge on any atom is 0.229 e. The van der Waals surface area contributed by atoms with E-state index in [1.54, 1.807) is 24.3 Å². The first-order valence-electron chi connectivity index (χ1n) is 10.2. The lowest BCUT2D eigenvalue weighted by Crippen LogP contribution is -2.32. The fourth-order valence-electron chi connectivity index (χ4n) is 3.51. The number of aliphatic hydroxyl groups excluding tert-OH is 1. The molecule has 0 aliphatic carbocycles. The summed E-state index contributed by atoms with van der Waals surface area (Å²) in [6.45, 7) is 0.281. The van der Waals surface area contributed by atoms with Crippen LogP contribution in [0.3, 0.4) is 0 Å². The second-order valence-electron chi connectivity index (χ2n) is 7.83. The van der Waals surface area contributed by atoms with E-state index < -0.39 is 16.1 Å². The van der Waals surface area contributed by atoms with Gasteiger partial charge in [-0.2, -0.15) is 0 Å². The highest BCUT2D eigenvalue weighted by Crippen LogP contribution is 2.26. The number of aliphatic hydroxyl groups is 1. The van der Waals surface area contributed by atoms with E-state index in [4.69, 9.17) is 0 Å². The number of phenolic OH excluding ortho intramolecular Hbond substituents is 2. The number of nitrogens with one attached hydrogen (secondary N) is 2. The van der Waals surface area contributed by atoms with Crippen LogP contribution in [0.25, 0.3) is 0 Å². The average molecular weight is 457 g/mol. The van der Waals surface area contributed by atoms with E-state index >= 15 is 0 Å². The first kappa shape index (κ1) is 23.6. The number of benzene rings is 3. The van der Waals surface area contributed by atoms with Crippen molar-refractivity contribution in [2.24, 2.45) is 0 Å². The molecule has 32 heavy (non-hydrogen) atoms. The standard InChI is InChI=1S/C24H28N2O5S/c1-32(30,31)26-23-14-18(10-11-24(23)29)12-21(28)16-25-22(13-17-6-3-2-4-7-17)19-8-5-9-20(27)15-19/h2-11,14-15,21-22,25-29H,12-13,16H2,1H3/t21-,22?/m0/s1. The highest BCUT2D eigenvalue weighted by atomic mass is 32.2. The van der Waals surface area contributed by atoms with Gasteiger partial charge in [-0.3, -0.25) is 4.72 Å². The molecule has 3 aromatic carbocycles. The Hall–Kier alpha value is -3.07. The molecule has 0 aromatic heterocycles. The maximum absolute atomic E-state index is 11.5. The fraction of sp³-hybridized carbons (Fsp3) is 0.250. The third kappa shape index (κ3) is 7.26.